The van der Waals surface area contributed by atoms with Gasteiger partial charge in [-0.05, 0) is 32.7 Å². The third-order valence-electron chi connectivity index (χ3n) is 3.83. The molecule has 0 aromatic carbocycles. The summed E-state index contributed by atoms with van der Waals surface area (Å²) < 4.78 is 0. The molecular weight excluding hydrogens is 146 g/mol. The monoisotopic (exact) mass is 167 g/mol. The maximum absolute atomic E-state index is 2.71. The zero-order valence-electron chi connectivity index (χ0n) is 8.31. The molecule has 0 aromatic heterocycles. The van der Waals surface area contributed by atoms with Gasteiger partial charge in [-0.3, -0.25) is 4.90 Å². The van der Waals surface area contributed by atoms with E-state index in [0.717, 1.165) is 0 Å². The van der Waals surface area contributed by atoms with E-state index in [9.17, 15) is 0 Å². The van der Waals surface area contributed by atoms with Crippen molar-refractivity contribution in [3.63, 3.8) is 0 Å². The van der Waals surface area contributed by atoms with Crippen molar-refractivity contribution in [2.75, 3.05) is 13.1 Å². The Hall–Kier alpha value is -0.0400. The summed E-state index contributed by atoms with van der Waals surface area (Å²) in [6, 6.07) is 0. The van der Waals surface area contributed by atoms with E-state index in [1.807, 2.05) is 0 Å². The second-order valence-electron chi connectivity index (χ2n) is 4.75. The van der Waals surface area contributed by atoms with Crippen LogP contribution < -0.4 is 0 Å². The fourth-order valence-electron chi connectivity index (χ4n) is 2.66. The third kappa shape index (κ3) is 1.52. The van der Waals surface area contributed by atoms with E-state index in [2.05, 4.69) is 11.8 Å². The summed E-state index contributed by atoms with van der Waals surface area (Å²) in [5.74, 6) is 0. The molecule has 0 unspecified atom stereocenters. The van der Waals surface area contributed by atoms with Gasteiger partial charge in [0.2, 0.25) is 0 Å². The minimum atomic E-state index is 0.615. The average Bonchev–Trinajstić information content (AvgIpc) is 2.10. The Morgan fingerprint density at radius 1 is 0.833 bits per heavy atom. The van der Waals surface area contributed by atoms with Gasteiger partial charge in [-0.2, -0.15) is 0 Å². The van der Waals surface area contributed by atoms with Crippen LogP contribution in [-0.2, 0) is 0 Å². The van der Waals surface area contributed by atoms with Gasteiger partial charge in [0.25, 0.3) is 0 Å². The topological polar surface area (TPSA) is 3.24 Å². The molecular formula is C11H21N. The summed E-state index contributed by atoms with van der Waals surface area (Å²) >= 11 is 0. The highest BCUT2D eigenvalue weighted by atomic mass is 15.2. The van der Waals surface area contributed by atoms with Crippen LogP contribution in [0.4, 0.5) is 0 Å². The first-order valence-electron chi connectivity index (χ1n) is 5.56. The van der Waals surface area contributed by atoms with E-state index in [0.29, 0.717) is 5.54 Å². The first kappa shape index (κ1) is 8.55. The van der Waals surface area contributed by atoms with Crippen molar-refractivity contribution in [3.8, 4) is 0 Å². The number of nitrogens with zero attached hydrogens (tertiary/aromatic N) is 1. The summed E-state index contributed by atoms with van der Waals surface area (Å²) in [6.45, 7) is 5.20. The normalized spacial score (nSPS) is 38.8. The van der Waals surface area contributed by atoms with Crippen LogP contribution in [0.2, 0.25) is 0 Å². The van der Waals surface area contributed by atoms with Crippen molar-refractivity contribution in [1.82, 2.24) is 4.90 Å². The van der Waals surface area contributed by atoms with Gasteiger partial charge >= 0.3 is 0 Å². The van der Waals surface area contributed by atoms with Gasteiger partial charge < -0.3 is 0 Å². The Bertz CT molecular complexity index is 155. The maximum atomic E-state index is 2.71. The van der Waals surface area contributed by atoms with Crippen molar-refractivity contribution < 1.29 is 0 Å². The van der Waals surface area contributed by atoms with E-state index in [1.54, 1.807) is 0 Å². The zero-order chi connectivity index (χ0) is 8.44. The van der Waals surface area contributed by atoms with Crippen molar-refractivity contribution in [2.24, 2.45) is 0 Å². The van der Waals surface area contributed by atoms with Gasteiger partial charge in [0.15, 0.2) is 0 Å². The van der Waals surface area contributed by atoms with Gasteiger partial charge in [0.1, 0.15) is 0 Å². The van der Waals surface area contributed by atoms with Crippen LogP contribution in [0.3, 0.4) is 0 Å². The molecule has 1 nitrogen and oxygen atoms in total. The molecule has 0 amide bonds. The van der Waals surface area contributed by atoms with Crippen molar-refractivity contribution in [3.05, 3.63) is 0 Å². The smallest absolute Gasteiger partial charge is 0.0193 e. The molecule has 2 fully saturated rings. The zero-order valence-corrected chi connectivity index (χ0v) is 8.31. The standard InChI is InChI=1S/C11H21N/c1-11-7-5-3-2-4-6-9-12(11)10-8-11/h2-10H2,1H3/t11-/m0/s1. The van der Waals surface area contributed by atoms with E-state index in [-0.39, 0.29) is 0 Å². The molecule has 0 spiro atoms. The fourth-order valence-corrected chi connectivity index (χ4v) is 2.66. The molecule has 0 aromatic rings. The SMILES string of the molecule is C[C@@]12CCCCCCCN1CC2. The molecule has 2 heterocycles. The number of rotatable bonds is 0. The van der Waals surface area contributed by atoms with Gasteiger partial charge in [0, 0.05) is 12.1 Å². The highest BCUT2D eigenvalue weighted by molar-refractivity contribution is 4.95. The molecule has 0 aliphatic carbocycles. The van der Waals surface area contributed by atoms with Crippen LogP contribution in [0.15, 0.2) is 0 Å². The second kappa shape index (κ2) is 3.37. The molecule has 0 bridgehead atoms. The Labute approximate surface area is 76.1 Å². The van der Waals surface area contributed by atoms with Gasteiger partial charge in [-0.15, -0.1) is 0 Å². The van der Waals surface area contributed by atoms with E-state index in [1.165, 1.54) is 58.0 Å². The summed E-state index contributed by atoms with van der Waals surface area (Å²) in [5.41, 5.74) is 0.615. The highest BCUT2D eigenvalue weighted by Gasteiger charge is 2.39. The molecule has 0 N–H and O–H groups in total. The lowest BCUT2D eigenvalue weighted by atomic mass is 9.82. The van der Waals surface area contributed by atoms with Gasteiger partial charge in [-0.25, -0.2) is 0 Å². The van der Waals surface area contributed by atoms with Crippen molar-refractivity contribution >= 4 is 0 Å². The molecule has 2 aliphatic heterocycles. The van der Waals surface area contributed by atoms with E-state index < -0.39 is 0 Å². The fraction of sp³-hybridized carbons (Fsp3) is 1.00. The minimum absolute atomic E-state index is 0.615. The molecule has 12 heavy (non-hydrogen) atoms. The Morgan fingerprint density at radius 3 is 2.33 bits per heavy atom. The first-order valence-corrected chi connectivity index (χ1v) is 5.56. The molecule has 70 valence electrons. The van der Waals surface area contributed by atoms with Gasteiger partial charge in [-0.1, -0.05) is 25.7 Å². The predicted molar refractivity (Wildman–Crippen MR) is 52.3 cm³/mol. The molecule has 0 radical (unpaired) electrons. The first-order chi connectivity index (χ1) is 5.81. The van der Waals surface area contributed by atoms with Crippen LogP contribution in [-0.4, -0.2) is 23.5 Å². The Balaban J connectivity index is 1.93. The summed E-state index contributed by atoms with van der Waals surface area (Å²) in [4.78, 5) is 2.71. The lowest BCUT2D eigenvalue weighted by Crippen LogP contribution is -2.57. The van der Waals surface area contributed by atoms with Crippen LogP contribution in [0, 0.1) is 0 Å². The van der Waals surface area contributed by atoms with Crippen LogP contribution in [0.25, 0.3) is 0 Å². The van der Waals surface area contributed by atoms with E-state index >= 15 is 0 Å². The molecule has 2 rings (SSSR count). The summed E-state index contributed by atoms with van der Waals surface area (Å²) in [6.07, 6.45) is 10.2. The Kier molecular flexibility index (Phi) is 2.40. The number of fused-ring (bicyclic) bond motifs is 1. The predicted octanol–water partition coefficient (Wildman–Crippen LogP) is 2.81. The van der Waals surface area contributed by atoms with Crippen LogP contribution in [0.1, 0.15) is 51.9 Å². The molecule has 1 heteroatoms. The lowest BCUT2D eigenvalue weighted by Gasteiger charge is -2.51. The average molecular weight is 167 g/mol. The number of hydrogen-bond acceptors (Lipinski definition) is 1. The highest BCUT2D eigenvalue weighted by Crippen LogP contribution is 2.36. The number of hydrogen-bond donors (Lipinski definition) is 0. The Morgan fingerprint density at radius 2 is 1.58 bits per heavy atom. The third-order valence-corrected chi connectivity index (χ3v) is 3.83. The summed E-state index contributed by atoms with van der Waals surface area (Å²) in [7, 11) is 0. The van der Waals surface area contributed by atoms with E-state index in [4.69, 9.17) is 0 Å². The molecule has 2 saturated heterocycles. The maximum Gasteiger partial charge on any atom is 0.0193 e. The quantitative estimate of drug-likeness (QED) is 0.536. The molecule has 1 atom stereocenters. The molecule has 0 saturated carbocycles. The lowest BCUT2D eigenvalue weighted by molar-refractivity contribution is -0.00639. The molecule has 2 aliphatic rings. The van der Waals surface area contributed by atoms with Crippen molar-refractivity contribution in [1.29, 1.82) is 0 Å². The van der Waals surface area contributed by atoms with Crippen LogP contribution in [0.5, 0.6) is 0 Å². The minimum Gasteiger partial charge on any atom is -0.298 e. The second-order valence-corrected chi connectivity index (χ2v) is 4.75. The van der Waals surface area contributed by atoms with Crippen LogP contribution >= 0.6 is 0 Å². The largest absolute Gasteiger partial charge is 0.298 e. The van der Waals surface area contributed by atoms with Crippen molar-refractivity contribution in [2.45, 2.75) is 57.4 Å². The van der Waals surface area contributed by atoms with Gasteiger partial charge in [0.05, 0.1) is 0 Å². The summed E-state index contributed by atoms with van der Waals surface area (Å²) in [5, 5.41) is 0.